The van der Waals surface area contributed by atoms with Crippen molar-refractivity contribution in [3.8, 4) is 11.1 Å². The Bertz CT molecular complexity index is 1770. The van der Waals surface area contributed by atoms with Gasteiger partial charge < -0.3 is 9.47 Å². The molecule has 0 N–H and O–H groups in total. The molecule has 4 heteroatoms. The Hall–Kier alpha value is -4.70. The van der Waals surface area contributed by atoms with E-state index in [1.165, 1.54) is 58.7 Å². The molecular formula is C41H38O4. The van der Waals surface area contributed by atoms with Crippen LogP contribution >= 0.6 is 0 Å². The fourth-order valence-corrected chi connectivity index (χ4v) is 9.10. The highest BCUT2D eigenvalue weighted by atomic mass is 16.5. The predicted octanol–water partition coefficient (Wildman–Crippen LogP) is 8.55. The Labute approximate surface area is 265 Å². The van der Waals surface area contributed by atoms with E-state index in [1.54, 1.807) is 0 Å². The van der Waals surface area contributed by atoms with Crippen molar-refractivity contribution in [2.45, 2.75) is 48.9 Å². The lowest BCUT2D eigenvalue weighted by molar-refractivity contribution is -0.141. The van der Waals surface area contributed by atoms with E-state index in [9.17, 15) is 9.59 Å². The summed E-state index contributed by atoms with van der Waals surface area (Å²) >= 11 is 0. The van der Waals surface area contributed by atoms with Crippen LogP contribution in [0.4, 0.5) is 0 Å². The quantitative estimate of drug-likeness (QED) is 0.182. The van der Waals surface area contributed by atoms with E-state index < -0.39 is 10.8 Å². The summed E-state index contributed by atoms with van der Waals surface area (Å²) in [6, 6.07) is 37.0. The summed E-state index contributed by atoms with van der Waals surface area (Å²) in [7, 11) is 2.94. The number of hydrogen-bond donors (Lipinski definition) is 0. The zero-order chi connectivity index (χ0) is 31.0. The lowest BCUT2D eigenvalue weighted by atomic mass is 9.49. The average Bonchev–Trinajstić information content (AvgIpc) is 3.55. The molecule has 0 spiro atoms. The normalized spacial score (nSPS) is 20.7. The van der Waals surface area contributed by atoms with Crippen LogP contribution in [0.5, 0.6) is 0 Å². The molecule has 7 rings (SSSR count). The molecule has 0 aromatic heterocycles. The zero-order valence-corrected chi connectivity index (χ0v) is 25.9. The zero-order valence-electron chi connectivity index (χ0n) is 25.9. The largest absolute Gasteiger partial charge is 0.469 e. The Kier molecular flexibility index (Phi) is 7.53. The Balaban J connectivity index is 1.61. The number of rotatable bonds is 9. The van der Waals surface area contributed by atoms with Gasteiger partial charge in [0.1, 0.15) is 0 Å². The third-order valence-electron chi connectivity index (χ3n) is 10.7. The highest BCUT2D eigenvalue weighted by molar-refractivity contribution is 5.85. The van der Waals surface area contributed by atoms with Crippen LogP contribution in [0.3, 0.4) is 0 Å². The number of allylic oxidation sites excluding steroid dienone is 4. The molecule has 0 bridgehead atoms. The van der Waals surface area contributed by atoms with Crippen molar-refractivity contribution in [1.82, 2.24) is 0 Å². The van der Waals surface area contributed by atoms with Gasteiger partial charge in [0, 0.05) is 29.6 Å². The van der Waals surface area contributed by atoms with Crippen LogP contribution in [-0.2, 0) is 29.9 Å². The van der Waals surface area contributed by atoms with Gasteiger partial charge in [0.25, 0.3) is 0 Å². The van der Waals surface area contributed by atoms with Gasteiger partial charge in [-0.05, 0) is 69.7 Å². The van der Waals surface area contributed by atoms with Crippen LogP contribution in [0.15, 0.2) is 121 Å². The number of carbonyl (C=O) groups is 2. The fourth-order valence-electron chi connectivity index (χ4n) is 9.10. The second-order valence-corrected chi connectivity index (χ2v) is 12.5. The van der Waals surface area contributed by atoms with Gasteiger partial charge in [0.2, 0.25) is 0 Å². The highest BCUT2D eigenvalue weighted by Crippen LogP contribution is 2.69. The van der Waals surface area contributed by atoms with Gasteiger partial charge in [0.05, 0.1) is 14.2 Å². The second-order valence-electron chi connectivity index (χ2n) is 12.5. The number of esters is 2. The van der Waals surface area contributed by atoms with Gasteiger partial charge in [0.15, 0.2) is 0 Å². The number of ether oxygens (including phenoxy) is 2. The van der Waals surface area contributed by atoms with Crippen molar-refractivity contribution < 1.29 is 19.1 Å². The van der Waals surface area contributed by atoms with Crippen molar-refractivity contribution in [3.63, 3.8) is 0 Å². The first-order chi connectivity index (χ1) is 22.1. The topological polar surface area (TPSA) is 52.6 Å². The van der Waals surface area contributed by atoms with Gasteiger partial charge in [-0.2, -0.15) is 0 Å². The lowest BCUT2D eigenvalue weighted by Crippen LogP contribution is -2.49. The van der Waals surface area contributed by atoms with Crippen molar-refractivity contribution in [1.29, 1.82) is 0 Å². The molecule has 0 saturated heterocycles. The van der Waals surface area contributed by atoms with E-state index in [0.717, 1.165) is 6.42 Å². The maximum Gasteiger partial charge on any atom is 0.305 e. The van der Waals surface area contributed by atoms with Gasteiger partial charge in [-0.3, -0.25) is 9.59 Å². The molecule has 0 amide bonds. The average molecular weight is 595 g/mol. The van der Waals surface area contributed by atoms with Gasteiger partial charge in [-0.1, -0.05) is 121 Å². The van der Waals surface area contributed by atoms with Crippen LogP contribution in [0.2, 0.25) is 0 Å². The minimum Gasteiger partial charge on any atom is -0.469 e. The summed E-state index contributed by atoms with van der Waals surface area (Å²) in [4.78, 5) is 26.2. The number of fused-ring (bicyclic) bond motifs is 6. The summed E-state index contributed by atoms with van der Waals surface area (Å²) in [6.07, 6.45) is 9.31. The smallest absolute Gasteiger partial charge is 0.305 e. The summed E-state index contributed by atoms with van der Waals surface area (Å²) in [5.41, 5.74) is 8.80. The molecule has 3 unspecified atom stereocenters. The first kappa shape index (κ1) is 29.0. The molecule has 4 aromatic rings. The maximum absolute atomic E-state index is 13.1. The Morgan fingerprint density at radius 2 is 1.22 bits per heavy atom. The van der Waals surface area contributed by atoms with E-state index in [2.05, 4.69) is 121 Å². The predicted molar refractivity (Wildman–Crippen MR) is 178 cm³/mol. The highest BCUT2D eigenvalue weighted by Gasteiger charge is 2.62. The SMILES string of the molecule is COC(=O)CCC1(C(c2ccccc2)C2(CCC(=O)OC)c3ccccc3C3=CC=CCC32)c2ccccc2-c2ccccc21. The molecule has 3 aliphatic carbocycles. The standard InChI is InChI=1S/C41H38O4/c1-44-37(42)24-26-40(33-20-10-6-16-29(33)30-17-7-11-21-34(30)40)39(28-14-4-3-5-15-28)41(27-25-38(43)45-2)35-22-12-8-18-31(35)32-19-9-13-23-36(32)41/h3-22,36,39H,23-27H2,1-2H3. The first-order valence-electron chi connectivity index (χ1n) is 15.9. The van der Waals surface area contributed by atoms with Crippen molar-refractivity contribution in [3.05, 3.63) is 149 Å². The molecule has 4 nitrogen and oxygen atoms in total. The number of benzene rings is 4. The minimum absolute atomic E-state index is 0.129. The van der Waals surface area contributed by atoms with Gasteiger partial charge in [-0.15, -0.1) is 0 Å². The van der Waals surface area contributed by atoms with E-state index in [0.29, 0.717) is 12.8 Å². The molecule has 0 saturated carbocycles. The van der Waals surface area contributed by atoms with Crippen LogP contribution in [0.25, 0.3) is 16.7 Å². The molecule has 45 heavy (non-hydrogen) atoms. The fraction of sp³-hybridized carbons (Fsp3) is 0.268. The molecule has 0 fully saturated rings. The van der Waals surface area contributed by atoms with E-state index in [-0.39, 0.29) is 36.6 Å². The monoisotopic (exact) mass is 594 g/mol. The molecule has 0 aliphatic heterocycles. The van der Waals surface area contributed by atoms with Crippen LogP contribution in [0.1, 0.15) is 65.8 Å². The third kappa shape index (κ3) is 4.41. The second kappa shape index (κ2) is 11.7. The van der Waals surface area contributed by atoms with Crippen LogP contribution in [0, 0.1) is 5.92 Å². The lowest BCUT2D eigenvalue weighted by Gasteiger charge is -2.53. The molecule has 3 atom stereocenters. The van der Waals surface area contributed by atoms with E-state index in [4.69, 9.17) is 9.47 Å². The molecule has 4 aromatic carbocycles. The van der Waals surface area contributed by atoms with Gasteiger partial charge >= 0.3 is 11.9 Å². The molecule has 3 aliphatic rings. The van der Waals surface area contributed by atoms with Crippen molar-refractivity contribution >= 4 is 17.5 Å². The number of hydrogen-bond acceptors (Lipinski definition) is 4. The van der Waals surface area contributed by atoms with Crippen LogP contribution in [-0.4, -0.2) is 26.2 Å². The molecule has 0 radical (unpaired) electrons. The molecule has 0 heterocycles. The summed E-state index contributed by atoms with van der Waals surface area (Å²) in [5, 5.41) is 0. The van der Waals surface area contributed by atoms with Gasteiger partial charge in [-0.25, -0.2) is 0 Å². The summed E-state index contributed by atoms with van der Waals surface area (Å²) < 4.78 is 10.6. The molecule has 226 valence electrons. The first-order valence-corrected chi connectivity index (χ1v) is 15.9. The summed E-state index contributed by atoms with van der Waals surface area (Å²) in [6.45, 7) is 0. The third-order valence-corrected chi connectivity index (χ3v) is 10.7. The maximum atomic E-state index is 13.1. The van der Waals surface area contributed by atoms with Crippen molar-refractivity contribution in [2.75, 3.05) is 14.2 Å². The minimum atomic E-state index is -0.595. The summed E-state index contributed by atoms with van der Waals surface area (Å²) in [5.74, 6) is -0.434. The Morgan fingerprint density at radius 3 is 1.84 bits per heavy atom. The number of methoxy groups -OCH3 is 2. The molecular weight excluding hydrogens is 556 g/mol. The van der Waals surface area contributed by atoms with Crippen molar-refractivity contribution in [2.24, 2.45) is 5.92 Å². The van der Waals surface area contributed by atoms with Crippen LogP contribution < -0.4 is 0 Å². The van der Waals surface area contributed by atoms with E-state index >= 15 is 0 Å². The number of carbonyl (C=O) groups excluding carboxylic acids is 2. The Morgan fingerprint density at radius 1 is 0.689 bits per heavy atom. The van der Waals surface area contributed by atoms with E-state index in [1.807, 2.05) is 0 Å².